The molecule has 6 nitrogen and oxygen atoms in total. The number of benzene rings is 8. The molecule has 0 saturated carbocycles. The van der Waals surface area contributed by atoms with E-state index in [9.17, 15) is 0 Å². The first kappa shape index (κ1) is 56.0. The van der Waals surface area contributed by atoms with Crippen molar-refractivity contribution < 1.29 is 0 Å². The number of nitrogens with zero attached hydrogens (tertiary/aromatic N) is 6. The van der Waals surface area contributed by atoms with Crippen LogP contribution in [0.3, 0.4) is 0 Å². The maximum Gasteiger partial charge on any atom is 0.101 e. The summed E-state index contributed by atoms with van der Waals surface area (Å²) in [4.78, 5) is 27.8. The third kappa shape index (κ3) is 16.2. The molecule has 11 aromatic rings. The van der Waals surface area contributed by atoms with Crippen LogP contribution < -0.4 is 0 Å². The molecule has 11 rings (SSSR count). The van der Waals surface area contributed by atoms with Gasteiger partial charge in [0.05, 0.1) is 34.5 Å². The van der Waals surface area contributed by atoms with Gasteiger partial charge in [0.15, 0.2) is 0 Å². The fraction of sp³-hybridized carbons (Fsp3) is 0.120. The summed E-state index contributed by atoms with van der Waals surface area (Å²) in [6.45, 7) is 11.1. The van der Waals surface area contributed by atoms with Crippen LogP contribution in [0.4, 0.5) is 5.69 Å². The molecule has 0 fully saturated rings. The summed E-state index contributed by atoms with van der Waals surface area (Å²) in [5.74, 6) is 0. The molecular weight excluding hydrogens is 985 g/mol. The smallest absolute Gasteiger partial charge is 0.101 e. The minimum atomic E-state index is -0.181. The predicted molar refractivity (Wildman–Crippen MR) is 342 cm³/mol. The Balaban J connectivity index is 0.000000156. The van der Waals surface area contributed by atoms with E-state index >= 15 is 0 Å². The third-order valence-electron chi connectivity index (χ3n) is 13.3. The van der Waals surface area contributed by atoms with E-state index in [1.54, 1.807) is 18.6 Å². The van der Waals surface area contributed by atoms with Crippen molar-refractivity contribution in [3.63, 3.8) is 0 Å². The van der Waals surface area contributed by atoms with Gasteiger partial charge in [0.1, 0.15) is 6.04 Å². The van der Waals surface area contributed by atoms with Gasteiger partial charge in [0.2, 0.25) is 0 Å². The number of hydrogen-bond donors (Lipinski definition) is 0. The highest BCUT2D eigenvalue weighted by molar-refractivity contribution is 5.96. The lowest BCUT2D eigenvalue weighted by Gasteiger charge is -2.28. The molecule has 0 amide bonds. The molecule has 398 valence electrons. The molecule has 81 heavy (non-hydrogen) atoms. The molecule has 0 bridgehead atoms. The van der Waals surface area contributed by atoms with Crippen molar-refractivity contribution >= 4 is 24.3 Å². The zero-order valence-electron chi connectivity index (χ0n) is 46.8. The van der Waals surface area contributed by atoms with Crippen LogP contribution in [0.5, 0.6) is 0 Å². The minimum absolute atomic E-state index is 0.0320. The zero-order chi connectivity index (χ0) is 56.1. The van der Waals surface area contributed by atoms with E-state index in [4.69, 9.17) is 9.98 Å². The Morgan fingerprint density at radius 1 is 0.346 bits per heavy atom. The fourth-order valence-electron chi connectivity index (χ4n) is 10.0. The first-order valence-corrected chi connectivity index (χ1v) is 27.6. The molecule has 3 aromatic heterocycles. The van der Waals surface area contributed by atoms with Crippen LogP contribution in [-0.2, 0) is 0 Å². The SMILES string of the molecule is C(=NC(c1ccccc1-c1ccccc1)c1ccccc1-c1ccccc1)c1ccccn1.C(=Nc1c(-c2ccccc2)cc(-c2ccccc2)cc1-c1ccccc1)c1ccccn1.CC(C)(C)CC(C)(C)N=Cc1ccccn1. The van der Waals surface area contributed by atoms with Crippen LogP contribution in [0.15, 0.2) is 300 Å². The summed E-state index contributed by atoms with van der Waals surface area (Å²) >= 11 is 0. The number of hydrogen-bond acceptors (Lipinski definition) is 6. The Morgan fingerprint density at radius 2 is 0.691 bits per heavy atom. The molecule has 0 unspecified atom stereocenters. The first-order chi connectivity index (χ1) is 39.6. The highest BCUT2D eigenvalue weighted by atomic mass is 14.8. The van der Waals surface area contributed by atoms with Gasteiger partial charge in [-0.25, -0.2) is 0 Å². The van der Waals surface area contributed by atoms with Crippen LogP contribution in [-0.4, -0.2) is 39.1 Å². The summed E-state index contributed by atoms with van der Waals surface area (Å²) in [5, 5.41) is 0. The van der Waals surface area contributed by atoms with Gasteiger partial charge in [-0.15, -0.1) is 0 Å². The molecule has 0 aliphatic carbocycles. The Bertz CT molecular complexity index is 3610. The normalized spacial score (nSPS) is 11.5. The van der Waals surface area contributed by atoms with Gasteiger partial charge < -0.3 is 0 Å². The Hall–Kier alpha value is -9.78. The zero-order valence-corrected chi connectivity index (χ0v) is 46.8. The van der Waals surface area contributed by atoms with Gasteiger partial charge in [-0.3, -0.25) is 29.9 Å². The topological polar surface area (TPSA) is 75.8 Å². The van der Waals surface area contributed by atoms with Crippen molar-refractivity contribution in [2.45, 2.75) is 52.6 Å². The van der Waals surface area contributed by atoms with Crippen molar-refractivity contribution in [1.29, 1.82) is 0 Å². The quantitative estimate of drug-likeness (QED) is 0.102. The molecule has 0 spiro atoms. The molecule has 0 radical (unpaired) electrons. The van der Waals surface area contributed by atoms with E-state index in [1.807, 2.05) is 104 Å². The van der Waals surface area contributed by atoms with Gasteiger partial charge in [-0.05, 0) is 130 Å². The van der Waals surface area contributed by atoms with E-state index < -0.39 is 0 Å². The first-order valence-electron chi connectivity index (χ1n) is 27.6. The maximum atomic E-state index is 5.12. The molecule has 0 aliphatic rings. The van der Waals surface area contributed by atoms with Crippen LogP contribution in [0.25, 0.3) is 55.6 Å². The third-order valence-corrected chi connectivity index (χ3v) is 13.3. The summed E-state index contributed by atoms with van der Waals surface area (Å²) < 4.78 is 0. The summed E-state index contributed by atoms with van der Waals surface area (Å²) in [6.07, 6.45) is 12.0. The summed E-state index contributed by atoms with van der Waals surface area (Å²) in [7, 11) is 0. The average Bonchev–Trinajstić information content (AvgIpc) is 3.69. The molecule has 0 aliphatic heterocycles. The number of aromatic nitrogens is 3. The highest BCUT2D eigenvalue weighted by Crippen LogP contribution is 2.43. The van der Waals surface area contributed by atoms with Crippen molar-refractivity contribution in [2.75, 3.05) is 0 Å². The Labute approximate surface area is 479 Å². The van der Waals surface area contributed by atoms with E-state index in [0.717, 1.165) is 51.4 Å². The summed E-state index contributed by atoms with van der Waals surface area (Å²) in [5.41, 5.74) is 17.7. The van der Waals surface area contributed by atoms with Gasteiger partial charge in [0, 0.05) is 42.1 Å². The van der Waals surface area contributed by atoms with Crippen molar-refractivity contribution in [3.8, 4) is 55.6 Å². The van der Waals surface area contributed by atoms with Crippen LogP contribution in [0.2, 0.25) is 0 Å². The molecule has 0 saturated heterocycles. The second-order valence-electron chi connectivity index (χ2n) is 21.4. The van der Waals surface area contributed by atoms with Gasteiger partial charge in [-0.1, -0.05) is 239 Å². The van der Waals surface area contributed by atoms with Crippen LogP contribution >= 0.6 is 0 Å². The molecule has 8 aromatic carbocycles. The maximum absolute atomic E-state index is 5.12. The predicted octanol–water partition coefficient (Wildman–Crippen LogP) is 19.2. The second-order valence-corrected chi connectivity index (χ2v) is 21.4. The van der Waals surface area contributed by atoms with Crippen LogP contribution in [0, 0.1) is 5.41 Å². The minimum Gasteiger partial charge on any atom is -0.285 e. The monoisotopic (exact) mass is 1050 g/mol. The van der Waals surface area contributed by atoms with Gasteiger partial charge >= 0.3 is 0 Å². The molecule has 0 N–H and O–H groups in total. The molecule has 6 heteroatoms. The van der Waals surface area contributed by atoms with Crippen molar-refractivity contribution in [2.24, 2.45) is 20.4 Å². The Morgan fingerprint density at radius 3 is 1.09 bits per heavy atom. The lowest BCUT2D eigenvalue weighted by atomic mass is 9.82. The standard InChI is InChI=1S/C31H24N2.C30H22N2.C14H22N2/c1-3-13-24(14-4-1)27-18-7-9-20-29(27)31(33-23-26-17-11-12-22-32-26)30-21-10-8-19-28(30)25-15-5-2-6-16-25;1-4-12-23(13-5-1)26-20-28(24-14-6-2-7-15-24)30(32-22-27-18-10-11-19-31-27)29(21-26)25-16-8-3-9-17-25;1-13(2,3)11-14(4,5)16-10-12-8-6-7-9-15-12/h1-23,31H;1-22H;6-10H,11H2,1-5H3. The number of aliphatic imine (C=N–C) groups is 3. The van der Waals surface area contributed by atoms with E-state index in [2.05, 4.69) is 237 Å². The van der Waals surface area contributed by atoms with Crippen molar-refractivity contribution in [1.82, 2.24) is 15.0 Å². The van der Waals surface area contributed by atoms with E-state index in [1.165, 1.54) is 44.5 Å². The highest BCUT2D eigenvalue weighted by Gasteiger charge is 2.24. The van der Waals surface area contributed by atoms with Gasteiger partial charge in [0.25, 0.3) is 0 Å². The molecule has 0 atom stereocenters. The number of pyridine rings is 3. The van der Waals surface area contributed by atoms with E-state index in [-0.39, 0.29) is 11.6 Å². The average molecular weight is 1050 g/mol. The number of rotatable bonds is 14. The molecule has 3 heterocycles. The summed E-state index contributed by atoms with van der Waals surface area (Å²) in [6, 6.07) is 91.4. The molecular formula is C75H68N6. The van der Waals surface area contributed by atoms with Crippen LogP contribution in [0.1, 0.15) is 75.3 Å². The van der Waals surface area contributed by atoms with Gasteiger partial charge in [-0.2, -0.15) is 0 Å². The van der Waals surface area contributed by atoms with E-state index in [0.29, 0.717) is 5.41 Å². The largest absolute Gasteiger partial charge is 0.285 e. The lowest BCUT2D eigenvalue weighted by molar-refractivity contribution is 0.289. The second kappa shape index (κ2) is 27.7. The van der Waals surface area contributed by atoms with Crippen molar-refractivity contribution in [3.05, 3.63) is 314 Å². The Kier molecular flexibility index (Phi) is 19.1. The fourth-order valence-corrected chi connectivity index (χ4v) is 10.0. The lowest BCUT2D eigenvalue weighted by Crippen LogP contribution is -2.25.